The van der Waals surface area contributed by atoms with Gasteiger partial charge in [-0.3, -0.25) is 0 Å². The van der Waals surface area contributed by atoms with Crippen molar-refractivity contribution in [1.29, 1.82) is 0 Å². The SMILES string of the molecule is C[Si](C)(C)[SiH2]O.[H-].[Li+]. The normalized spacial score (nSPS) is 12.0. The monoisotopic (exact) mass is 128 g/mol. The Kier molecular flexibility index (Phi) is 6.11. The Balaban J connectivity index is -0.000000125. The van der Waals surface area contributed by atoms with Crippen molar-refractivity contribution in [3.8, 4) is 0 Å². The molecular formula is C3H13LiOSi2. The molecule has 0 aromatic carbocycles. The van der Waals surface area contributed by atoms with Gasteiger partial charge < -0.3 is 6.22 Å². The van der Waals surface area contributed by atoms with Crippen molar-refractivity contribution in [3.63, 3.8) is 0 Å². The van der Waals surface area contributed by atoms with Crippen molar-refractivity contribution in [2.75, 3.05) is 0 Å². The fraction of sp³-hybridized carbons (Fsp3) is 1.00. The summed E-state index contributed by atoms with van der Waals surface area (Å²) in [4.78, 5) is 8.60. The van der Waals surface area contributed by atoms with Gasteiger partial charge in [-0.1, -0.05) is 19.6 Å². The van der Waals surface area contributed by atoms with Gasteiger partial charge >= 0.3 is 18.9 Å². The predicted octanol–water partition coefficient (Wildman–Crippen LogP) is -2.99. The van der Waals surface area contributed by atoms with E-state index < -0.39 is 16.9 Å². The van der Waals surface area contributed by atoms with Crippen LogP contribution in [-0.2, 0) is 0 Å². The maximum absolute atomic E-state index is 8.60. The van der Waals surface area contributed by atoms with Crippen LogP contribution in [0.4, 0.5) is 0 Å². The summed E-state index contributed by atoms with van der Waals surface area (Å²) in [5.74, 6) is 0. The van der Waals surface area contributed by atoms with Crippen molar-refractivity contribution in [2.45, 2.75) is 19.6 Å². The molecule has 4 heteroatoms. The average Bonchev–Trinajstić information content (AvgIpc) is 1.35. The first-order valence-corrected chi connectivity index (χ1v) is 8.63. The van der Waals surface area contributed by atoms with E-state index in [9.17, 15) is 0 Å². The maximum Gasteiger partial charge on any atom is 1.00 e. The van der Waals surface area contributed by atoms with Crippen molar-refractivity contribution < 1.29 is 25.1 Å². The Labute approximate surface area is 61.9 Å². The fourth-order valence-corrected chi connectivity index (χ4v) is 0. The minimum Gasteiger partial charge on any atom is -1.00 e. The van der Waals surface area contributed by atoms with E-state index in [-0.39, 0.29) is 20.3 Å². The van der Waals surface area contributed by atoms with E-state index in [1.807, 2.05) is 0 Å². The van der Waals surface area contributed by atoms with Crippen molar-refractivity contribution in [3.05, 3.63) is 0 Å². The topological polar surface area (TPSA) is 20.2 Å². The molecule has 0 amide bonds. The van der Waals surface area contributed by atoms with Gasteiger partial charge in [0.05, 0.1) is 7.59 Å². The molecule has 1 nitrogen and oxygen atoms in total. The molecule has 40 valence electrons. The molecule has 0 aromatic heterocycles. The number of hydrogen-bond donors (Lipinski definition) is 1. The van der Waals surface area contributed by atoms with Crippen LogP contribution in [0.2, 0.25) is 19.6 Å². The van der Waals surface area contributed by atoms with Crippen LogP contribution in [0.1, 0.15) is 1.43 Å². The summed E-state index contributed by atoms with van der Waals surface area (Å²) in [5, 5.41) is 0. The summed E-state index contributed by atoms with van der Waals surface area (Å²) >= 11 is 0. The molecule has 0 saturated heterocycles. The van der Waals surface area contributed by atoms with Gasteiger partial charge in [-0.05, 0) is 0 Å². The molecule has 0 bridgehead atoms. The van der Waals surface area contributed by atoms with Crippen LogP contribution >= 0.6 is 0 Å². The molecule has 0 heterocycles. The Bertz CT molecular complexity index is 47.0. The van der Waals surface area contributed by atoms with Crippen molar-refractivity contribution in [1.82, 2.24) is 0 Å². The number of rotatable bonds is 1. The first kappa shape index (κ1) is 10.9. The average molecular weight is 128 g/mol. The Morgan fingerprint density at radius 2 is 1.57 bits per heavy atom. The summed E-state index contributed by atoms with van der Waals surface area (Å²) in [5.41, 5.74) is 0. The second kappa shape index (κ2) is 3.93. The quantitative estimate of drug-likeness (QED) is 0.374. The van der Waals surface area contributed by atoms with Gasteiger partial charge in [0.15, 0.2) is 0 Å². The number of hydrogen-bond acceptors (Lipinski definition) is 1. The van der Waals surface area contributed by atoms with E-state index in [0.29, 0.717) is 0 Å². The molecule has 0 spiro atoms. The molecule has 1 N–H and O–H groups in total. The van der Waals surface area contributed by atoms with E-state index in [4.69, 9.17) is 4.80 Å². The van der Waals surface area contributed by atoms with E-state index >= 15 is 0 Å². The van der Waals surface area contributed by atoms with Crippen LogP contribution in [0.3, 0.4) is 0 Å². The molecule has 0 aromatic rings. The molecule has 0 fully saturated rings. The van der Waals surface area contributed by atoms with Crippen LogP contribution in [0.15, 0.2) is 0 Å². The molecule has 0 aliphatic rings. The van der Waals surface area contributed by atoms with Gasteiger partial charge in [0.1, 0.15) is 9.28 Å². The summed E-state index contributed by atoms with van der Waals surface area (Å²) < 4.78 is 0. The Morgan fingerprint density at radius 3 is 1.57 bits per heavy atom. The summed E-state index contributed by atoms with van der Waals surface area (Å²) in [6.45, 7) is 6.58. The van der Waals surface area contributed by atoms with Crippen molar-refractivity contribution in [2.24, 2.45) is 0 Å². The predicted molar refractivity (Wildman–Crippen MR) is 35.2 cm³/mol. The zero-order valence-corrected chi connectivity index (χ0v) is 8.07. The zero-order valence-electron chi connectivity index (χ0n) is 6.65. The second-order valence-corrected chi connectivity index (χ2v) is 15.5. The Morgan fingerprint density at radius 1 is 1.43 bits per heavy atom. The second-order valence-electron chi connectivity index (χ2n) is 2.72. The minimum atomic E-state index is -0.937. The van der Waals surface area contributed by atoms with Crippen LogP contribution in [-0.4, -0.2) is 21.7 Å². The zero-order chi connectivity index (χ0) is 5.21. The molecule has 0 radical (unpaired) electrons. The summed E-state index contributed by atoms with van der Waals surface area (Å²) in [6.07, 6.45) is 0. The summed E-state index contributed by atoms with van der Waals surface area (Å²) in [6, 6.07) is 0. The fourth-order valence-electron chi connectivity index (χ4n) is 0. The molecule has 0 aliphatic carbocycles. The van der Waals surface area contributed by atoms with E-state index in [0.717, 1.165) is 0 Å². The standard InChI is InChI=1S/C3H12OSi2.Li.H/c1-6(2,3)5-4;;/h4H,5H2,1-3H3;;/q;+1;-1. The Hall–Kier alpha value is 0.991. The molecule has 0 aliphatic heterocycles. The van der Waals surface area contributed by atoms with Crippen LogP contribution in [0.25, 0.3) is 0 Å². The molecule has 0 unspecified atom stereocenters. The van der Waals surface area contributed by atoms with Gasteiger partial charge in [-0.15, -0.1) is 0 Å². The largest absolute Gasteiger partial charge is 1.00 e. The van der Waals surface area contributed by atoms with E-state index in [1.54, 1.807) is 0 Å². The van der Waals surface area contributed by atoms with Gasteiger partial charge in [0.25, 0.3) is 0 Å². The van der Waals surface area contributed by atoms with Crippen LogP contribution < -0.4 is 18.9 Å². The van der Waals surface area contributed by atoms with Gasteiger partial charge in [-0.2, -0.15) is 0 Å². The van der Waals surface area contributed by atoms with Crippen molar-refractivity contribution >= 4 is 16.9 Å². The molecular weight excluding hydrogens is 115 g/mol. The third-order valence-corrected chi connectivity index (χ3v) is 4.27. The first-order valence-electron chi connectivity index (χ1n) is 2.17. The van der Waals surface area contributed by atoms with Gasteiger partial charge in [-0.25, -0.2) is 0 Å². The van der Waals surface area contributed by atoms with Gasteiger partial charge in [0, 0.05) is 0 Å². The van der Waals surface area contributed by atoms with Gasteiger partial charge in [0.2, 0.25) is 0 Å². The van der Waals surface area contributed by atoms with Crippen LogP contribution in [0, 0.1) is 0 Å². The molecule has 0 rings (SSSR count). The van der Waals surface area contributed by atoms with E-state index in [2.05, 4.69) is 19.6 Å². The first-order chi connectivity index (χ1) is 2.56. The van der Waals surface area contributed by atoms with Crippen LogP contribution in [0.5, 0.6) is 0 Å². The molecule has 0 saturated carbocycles. The molecule has 7 heavy (non-hydrogen) atoms. The molecule has 0 atom stereocenters. The van der Waals surface area contributed by atoms with E-state index in [1.165, 1.54) is 0 Å². The summed E-state index contributed by atoms with van der Waals surface area (Å²) in [7, 11) is -1.55. The minimum absolute atomic E-state index is 0. The third-order valence-electron chi connectivity index (χ3n) is 0.474. The maximum atomic E-state index is 8.60. The third kappa shape index (κ3) is 10.9. The smallest absolute Gasteiger partial charge is 1.00 e.